The van der Waals surface area contributed by atoms with Crippen molar-refractivity contribution in [3.8, 4) is 0 Å². The van der Waals surface area contributed by atoms with Crippen LogP contribution >= 0.6 is 22.9 Å². The lowest BCUT2D eigenvalue weighted by Gasteiger charge is -2.25. The topological polar surface area (TPSA) is 49.0 Å². The molecule has 6 heteroatoms. The number of halogens is 1. The number of aryl methyl sites for hydroxylation is 2. The highest BCUT2D eigenvalue weighted by Crippen LogP contribution is 2.28. The van der Waals surface area contributed by atoms with Gasteiger partial charge >= 0.3 is 0 Å². The van der Waals surface area contributed by atoms with Crippen LogP contribution in [-0.4, -0.2) is 27.3 Å². The molecule has 3 heterocycles. The molecule has 0 saturated carbocycles. The number of H-pyrrole nitrogens is 1. The van der Waals surface area contributed by atoms with Crippen molar-refractivity contribution in [1.82, 2.24) is 14.9 Å². The summed E-state index contributed by atoms with van der Waals surface area (Å²) in [6.45, 7) is 5.35. The first-order chi connectivity index (χ1) is 11.0. The Balaban J connectivity index is 1.66. The number of amides is 1. The second-order valence-corrected chi connectivity index (χ2v) is 7.59. The highest BCUT2D eigenvalue weighted by Gasteiger charge is 2.25. The summed E-state index contributed by atoms with van der Waals surface area (Å²) < 4.78 is 0. The monoisotopic (exact) mass is 345 g/mol. The zero-order valence-corrected chi connectivity index (χ0v) is 14.5. The fourth-order valence-corrected chi connectivity index (χ4v) is 4.27. The second kappa shape index (κ2) is 5.35. The van der Waals surface area contributed by atoms with Crippen molar-refractivity contribution in [2.24, 2.45) is 0 Å². The van der Waals surface area contributed by atoms with Gasteiger partial charge in [0.25, 0.3) is 5.91 Å². The molecule has 23 heavy (non-hydrogen) atoms. The highest BCUT2D eigenvalue weighted by molar-refractivity contribution is 7.11. The maximum atomic E-state index is 12.8. The number of aromatic amines is 1. The lowest BCUT2D eigenvalue weighted by molar-refractivity contribution is 0.0731. The number of nitrogens with zero attached hydrogens (tertiary/aromatic N) is 2. The predicted octanol–water partition coefficient (Wildman–Crippen LogP) is 4.09. The van der Waals surface area contributed by atoms with Crippen molar-refractivity contribution < 1.29 is 4.79 Å². The minimum absolute atomic E-state index is 0.0356. The van der Waals surface area contributed by atoms with E-state index >= 15 is 0 Å². The maximum Gasteiger partial charge on any atom is 0.270 e. The van der Waals surface area contributed by atoms with Crippen LogP contribution in [0, 0.1) is 13.8 Å². The molecule has 118 valence electrons. The molecule has 1 amide bonds. The Morgan fingerprint density at radius 3 is 3.04 bits per heavy atom. The summed E-state index contributed by atoms with van der Waals surface area (Å²) in [5, 5.41) is 2.80. The molecule has 4 rings (SSSR count). The van der Waals surface area contributed by atoms with Crippen molar-refractivity contribution in [1.29, 1.82) is 0 Å². The van der Waals surface area contributed by atoms with Crippen LogP contribution in [0.2, 0.25) is 5.02 Å². The summed E-state index contributed by atoms with van der Waals surface area (Å²) in [5.41, 5.74) is 3.71. The van der Waals surface area contributed by atoms with Crippen LogP contribution in [0.1, 0.15) is 31.6 Å². The summed E-state index contributed by atoms with van der Waals surface area (Å²) in [6.07, 6.45) is 0.830. The first-order valence-electron chi connectivity index (χ1n) is 7.55. The van der Waals surface area contributed by atoms with E-state index in [-0.39, 0.29) is 5.91 Å². The molecule has 0 atom stereocenters. The quantitative estimate of drug-likeness (QED) is 0.722. The smallest absolute Gasteiger partial charge is 0.270 e. The standard InChI is InChI=1S/C17H16ClN3OS/c1-9-11-7-15(20-13(11)4-3-12(9)18)17(22)21-6-5-14-16(8-21)23-10(2)19-14/h3-4,7,20H,5-6,8H2,1-2H3. The van der Waals surface area contributed by atoms with Crippen molar-refractivity contribution in [3.63, 3.8) is 0 Å². The van der Waals surface area contributed by atoms with Crippen LogP contribution in [0.15, 0.2) is 18.2 Å². The van der Waals surface area contributed by atoms with E-state index in [1.807, 2.05) is 36.9 Å². The van der Waals surface area contributed by atoms with Crippen LogP contribution in [0.5, 0.6) is 0 Å². The van der Waals surface area contributed by atoms with Crippen LogP contribution < -0.4 is 0 Å². The van der Waals surface area contributed by atoms with Gasteiger partial charge in [0.15, 0.2) is 0 Å². The van der Waals surface area contributed by atoms with E-state index in [1.54, 1.807) is 11.3 Å². The molecule has 3 aromatic rings. The highest BCUT2D eigenvalue weighted by atomic mass is 35.5. The van der Waals surface area contributed by atoms with Gasteiger partial charge < -0.3 is 9.88 Å². The van der Waals surface area contributed by atoms with E-state index < -0.39 is 0 Å². The number of fused-ring (bicyclic) bond motifs is 2. The molecule has 0 fully saturated rings. The van der Waals surface area contributed by atoms with Crippen LogP contribution in [-0.2, 0) is 13.0 Å². The Morgan fingerprint density at radius 1 is 1.39 bits per heavy atom. The van der Waals surface area contributed by atoms with Crippen LogP contribution in [0.3, 0.4) is 0 Å². The average Bonchev–Trinajstić information content (AvgIpc) is 3.12. The lowest BCUT2D eigenvalue weighted by atomic mass is 10.1. The molecule has 0 bridgehead atoms. The van der Waals surface area contributed by atoms with Gasteiger partial charge in [-0.2, -0.15) is 0 Å². The average molecular weight is 346 g/mol. The Kier molecular flexibility index (Phi) is 3.43. The van der Waals surface area contributed by atoms with Crippen LogP contribution in [0.25, 0.3) is 10.9 Å². The molecule has 0 aliphatic carbocycles. The van der Waals surface area contributed by atoms with Crippen molar-refractivity contribution in [3.05, 3.63) is 50.1 Å². The molecular formula is C17H16ClN3OS. The van der Waals surface area contributed by atoms with Gasteiger partial charge in [-0.05, 0) is 37.6 Å². The number of thiazole rings is 1. The van der Waals surface area contributed by atoms with E-state index in [4.69, 9.17) is 11.6 Å². The van der Waals surface area contributed by atoms with Gasteiger partial charge in [0.05, 0.1) is 17.2 Å². The SMILES string of the molecule is Cc1nc2c(s1)CN(C(=O)c1cc3c(C)c(Cl)ccc3[nH]1)CC2. The summed E-state index contributed by atoms with van der Waals surface area (Å²) in [4.78, 5) is 23.7. The number of nitrogens with one attached hydrogen (secondary N) is 1. The molecule has 1 aliphatic heterocycles. The van der Waals surface area contributed by atoms with Crippen LogP contribution in [0.4, 0.5) is 0 Å². The van der Waals surface area contributed by atoms with E-state index in [1.165, 1.54) is 4.88 Å². The minimum Gasteiger partial charge on any atom is -0.351 e. The van der Waals surface area contributed by atoms with Crippen molar-refractivity contribution in [2.75, 3.05) is 6.54 Å². The number of hydrogen-bond acceptors (Lipinski definition) is 3. The predicted molar refractivity (Wildman–Crippen MR) is 93.3 cm³/mol. The number of hydrogen-bond donors (Lipinski definition) is 1. The number of benzene rings is 1. The number of aromatic nitrogens is 2. The Hall–Kier alpha value is -1.85. The van der Waals surface area contributed by atoms with E-state index in [0.717, 1.165) is 38.6 Å². The van der Waals surface area contributed by atoms with E-state index in [2.05, 4.69) is 9.97 Å². The molecule has 1 N–H and O–H groups in total. The first kappa shape index (κ1) is 14.7. The van der Waals surface area contributed by atoms with Gasteiger partial charge in [-0.3, -0.25) is 4.79 Å². The van der Waals surface area contributed by atoms with Gasteiger partial charge in [-0.15, -0.1) is 11.3 Å². The summed E-state index contributed by atoms with van der Waals surface area (Å²) >= 11 is 7.85. The largest absolute Gasteiger partial charge is 0.351 e. The molecular weight excluding hydrogens is 330 g/mol. The third-order valence-electron chi connectivity index (χ3n) is 4.36. The Bertz CT molecular complexity index is 927. The summed E-state index contributed by atoms with van der Waals surface area (Å²) in [7, 11) is 0. The van der Waals surface area contributed by atoms with Gasteiger partial charge in [0, 0.05) is 33.8 Å². The van der Waals surface area contributed by atoms with E-state index in [0.29, 0.717) is 18.8 Å². The molecule has 2 aromatic heterocycles. The van der Waals surface area contributed by atoms with Crippen molar-refractivity contribution >= 4 is 39.7 Å². The zero-order valence-electron chi connectivity index (χ0n) is 12.9. The number of rotatable bonds is 1. The third-order valence-corrected chi connectivity index (χ3v) is 5.77. The molecule has 1 aromatic carbocycles. The van der Waals surface area contributed by atoms with E-state index in [9.17, 15) is 4.79 Å². The first-order valence-corrected chi connectivity index (χ1v) is 8.74. The van der Waals surface area contributed by atoms with Gasteiger partial charge in [0.2, 0.25) is 0 Å². The Morgan fingerprint density at radius 2 is 2.22 bits per heavy atom. The van der Waals surface area contributed by atoms with Crippen molar-refractivity contribution in [2.45, 2.75) is 26.8 Å². The lowest BCUT2D eigenvalue weighted by Crippen LogP contribution is -2.35. The second-order valence-electron chi connectivity index (χ2n) is 5.90. The number of carbonyl (C=O) groups is 1. The fourth-order valence-electron chi connectivity index (χ4n) is 3.11. The molecule has 4 nitrogen and oxygen atoms in total. The summed E-state index contributed by atoms with van der Waals surface area (Å²) in [6, 6.07) is 5.69. The minimum atomic E-state index is 0.0356. The molecule has 0 radical (unpaired) electrons. The Labute approximate surface area is 143 Å². The molecule has 1 aliphatic rings. The van der Waals surface area contributed by atoms with Gasteiger partial charge in [-0.25, -0.2) is 4.98 Å². The molecule has 0 unspecified atom stereocenters. The van der Waals surface area contributed by atoms with Gasteiger partial charge in [0.1, 0.15) is 5.69 Å². The zero-order chi connectivity index (χ0) is 16.1. The fraction of sp³-hybridized carbons (Fsp3) is 0.294. The number of carbonyl (C=O) groups excluding carboxylic acids is 1. The molecule has 0 spiro atoms. The van der Waals surface area contributed by atoms with Gasteiger partial charge in [-0.1, -0.05) is 11.6 Å². The maximum absolute atomic E-state index is 12.8. The normalized spacial score (nSPS) is 14.3. The molecule has 0 saturated heterocycles. The summed E-state index contributed by atoms with van der Waals surface area (Å²) in [5.74, 6) is 0.0356. The third kappa shape index (κ3) is 2.44.